The van der Waals surface area contributed by atoms with Gasteiger partial charge in [0.25, 0.3) is 0 Å². The Bertz CT molecular complexity index is 985. The van der Waals surface area contributed by atoms with Crippen molar-refractivity contribution in [2.75, 3.05) is 45.2 Å². The Morgan fingerprint density at radius 3 is 2.61 bits per heavy atom. The number of halogens is 1. The standard InChI is InChI=1S/C22H27N7O.HI/c1-23-22(25-17-18-8-10-24-21(16-18)29-11-5-9-26-29)28-14-12-27(13-15-28)19-6-3-4-7-20(19)30-2;/h3-11,16H,12-15,17H2,1-2H3,(H,23,25);1H. The number of piperazine rings is 1. The van der Waals surface area contributed by atoms with Crippen LogP contribution >= 0.6 is 24.0 Å². The van der Waals surface area contributed by atoms with E-state index >= 15 is 0 Å². The topological polar surface area (TPSA) is 70.8 Å². The third kappa shape index (κ3) is 5.46. The highest BCUT2D eigenvalue weighted by Crippen LogP contribution is 2.28. The molecule has 4 rings (SSSR count). The van der Waals surface area contributed by atoms with Gasteiger partial charge in [-0.05, 0) is 35.9 Å². The van der Waals surface area contributed by atoms with Gasteiger partial charge in [-0.2, -0.15) is 5.10 Å². The average Bonchev–Trinajstić information content (AvgIpc) is 3.35. The van der Waals surface area contributed by atoms with Crippen LogP contribution in [0.1, 0.15) is 5.56 Å². The molecule has 0 saturated carbocycles. The summed E-state index contributed by atoms with van der Waals surface area (Å²) in [6, 6.07) is 14.1. The van der Waals surface area contributed by atoms with Crippen LogP contribution in [0.25, 0.3) is 5.82 Å². The summed E-state index contributed by atoms with van der Waals surface area (Å²) in [4.78, 5) is 13.5. The molecular formula is C22H28IN7O. The molecule has 1 aliphatic heterocycles. The number of benzene rings is 1. The van der Waals surface area contributed by atoms with Gasteiger partial charge in [0, 0.05) is 58.4 Å². The zero-order valence-electron chi connectivity index (χ0n) is 17.8. The van der Waals surface area contributed by atoms with Crippen LogP contribution in [0.15, 0.2) is 66.0 Å². The number of aromatic nitrogens is 3. The molecule has 3 aromatic rings. The van der Waals surface area contributed by atoms with Crippen molar-refractivity contribution in [2.45, 2.75) is 6.54 Å². The first-order valence-electron chi connectivity index (χ1n) is 10.1. The molecule has 1 fully saturated rings. The van der Waals surface area contributed by atoms with Crippen molar-refractivity contribution in [1.29, 1.82) is 0 Å². The molecular weight excluding hydrogens is 505 g/mol. The van der Waals surface area contributed by atoms with Crippen molar-refractivity contribution in [2.24, 2.45) is 4.99 Å². The van der Waals surface area contributed by atoms with Gasteiger partial charge in [0.1, 0.15) is 5.75 Å². The number of methoxy groups -OCH3 is 1. The number of pyridine rings is 1. The van der Waals surface area contributed by atoms with Gasteiger partial charge in [-0.3, -0.25) is 4.99 Å². The summed E-state index contributed by atoms with van der Waals surface area (Å²) in [5.41, 5.74) is 2.27. The van der Waals surface area contributed by atoms with E-state index in [-0.39, 0.29) is 24.0 Å². The molecule has 3 heterocycles. The van der Waals surface area contributed by atoms with Crippen LogP contribution in [0.5, 0.6) is 5.75 Å². The summed E-state index contributed by atoms with van der Waals surface area (Å²) in [6.45, 7) is 4.30. The molecule has 1 aliphatic rings. The van der Waals surface area contributed by atoms with Gasteiger partial charge >= 0.3 is 0 Å². The Hall–Kier alpha value is -2.82. The lowest BCUT2D eigenvalue weighted by Gasteiger charge is -2.38. The number of nitrogens with zero attached hydrogens (tertiary/aromatic N) is 6. The summed E-state index contributed by atoms with van der Waals surface area (Å²) in [6.07, 6.45) is 5.45. The fourth-order valence-electron chi connectivity index (χ4n) is 3.66. The van der Waals surface area contributed by atoms with E-state index < -0.39 is 0 Å². The highest BCUT2D eigenvalue weighted by molar-refractivity contribution is 14.0. The number of guanidine groups is 1. The van der Waals surface area contributed by atoms with Crippen LogP contribution in [0.3, 0.4) is 0 Å². The molecule has 31 heavy (non-hydrogen) atoms. The predicted molar refractivity (Wildman–Crippen MR) is 134 cm³/mol. The smallest absolute Gasteiger partial charge is 0.194 e. The molecule has 8 nitrogen and oxygen atoms in total. The monoisotopic (exact) mass is 533 g/mol. The van der Waals surface area contributed by atoms with Crippen molar-refractivity contribution in [3.8, 4) is 11.6 Å². The molecule has 0 radical (unpaired) electrons. The van der Waals surface area contributed by atoms with E-state index in [1.54, 1.807) is 18.0 Å². The Labute approximate surface area is 200 Å². The third-order valence-corrected chi connectivity index (χ3v) is 5.22. The number of hydrogen-bond acceptors (Lipinski definition) is 5. The van der Waals surface area contributed by atoms with Crippen molar-refractivity contribution in [3.05, 3.63) is 66.6 Å². The van der Waals surface area contributed by atoms with Crippen LogP contribution in [0.4, 0.5) is 5.69 Å². The third-order valence-electron chi connectivity index (χ3n) is 5.22. The molecule has 164 valence electrons. The predicted octanol–water partition coefficient (Wildman–Crippen LogP) is 2.79. The van der Waals surface area contributed by atoms with E-state index in [1.807, 2.05) is 49.8 Å². The lowest BCUT2D eigenvalue weighted by molar-refractivity contribution is 0.367. The quantitative estimate of drug-likeness (QED) is 0.309. The maximum absolute atomic E-state index is 5.52. The summed E-state index contributed by atoms with van der Waals surface area (Å²) in [5, 5.41) is 7.73. The molecule has 0 aliphatic carbocycles. The molecule has 0 bridgehead atoms. The van der Waals surface area contributed by atoms with Gasteiger partial charge < -0.3 is 19.9 Å². The zero-order chi connectivity index (χ0) is 20.8. The first-order valence-corrected chi connectivity index (χ1v) is 10.1. The van der Waals surface area contributed by atoms with E-state index in [0.717, 1.165) is 55.0 Å². The molecule has 0 amide bonds. The van der Waals surface area contributed by atoms with Gasteiger partial charge in [0.05, 0.1) is 12.8 Å². The van der Waals surface area contributed by atoms with Crippen LogP contribution in [0, 0.1) is 0 Å². The summed E-state index contributed by atoms with van der Waals surface area (Å²) in [5.74, 6) is 2.63. The molecule has 0 spiro atoms. The second-order valence-corrected chi connectivity index (χ2v) is 7.02. The van der Waals surface area contributed by atoms with Crippen molar-refractivity contribution >= 4 is 35.6 Å². The van der Waals surface area contributed by atoms with Crippen LogP contribution in [-0.2, 0) is 6.54 Å². The highest BCUT2D eigenvalue weighted by Gasteiger charge is 2.21. The molecule has 1 N–H and O–H groups in total. The number of anilines is 1. The number of aliphatic imine (C=N–C) groups is 1. The van der Waals surface area contributed by atoms with Gasteiger partial charge in [-0.15, -0.1) is 24.0 Å². The van der Waals surface area contributed by atoms with Crippen molar-refractivity contribution < 1.29 is 4.74 Å². The fourth-order valence-corrected chi connectivity index (χ4v) is 3.66. The van der Waals surface area contributed by atoms with Crippen LogP contribution in [0.2, 0.25) is 0 Å². The molecule has 1 saturated heterocycles. The van der Waals surface area contributed by atoms with E-state index in [9.17, 15) is 0 Å². The number of para-hydroxylation sites is 2. The fraction of sp³-hybridized carbons (Fsp3) is 0.318. The molecule has 2 aromatic heterocycles. The van der Waals surface area contributed by atoms with Crippen LogP contribution < -0.4 is 15.0 Å². The summed E-state index contributed by atoms with van der Waals surface area (Å²) >= 11 is 0. The summed E-state index contributed by atoms with van der Waals surface area (Å²) in [7, 11) is 3.55. The molecule has 0 unspecified atom stereocenters. The second-order valence-electron chi connectivity index (χ2n) is 7.02. The minimum Gasteiger partial charge on any atom is -0.495 e. The number of nitrogens with one attached hydrogen (secondary N) is 1. The van der Waals surface area contributed by atoms with Crippen LogP contribution in [-0.4, -0.2) is 66.0 Å². The Morgan fingerprint density at radius 2 is 1.90 bits per heavy atom. The molecule has 0 atom stereocenters. The van der Waals surface area contributed by atoms with Gasteiger partial charge in [0.2, 0.25) is 0 Å². The largest absolute Gasteiger partial charge is 0.495 e. The lowest BCUT2D eigenvalue weighted by atomic mass is 10.2. The van der Waals surface area contributed by atoms with Crippen molar-refractivity contribution in [3.63, 3.8) is 0 Å². The van der Waals surface area contributed by atoms with Gasteiger partial charge in [0.15, 0.2) is 11.8 Å². The van der Waals surface area contributed by atoms with E-state index in [4.69, 9.17) is 4.74 Å². The normalized spacial score (nSPS) is 14.2. The average molecular weight is 533 g/mol. The lowest BCUT2D eigenvalue weighted by Crippen LogP contribution is -2.52. The first-order chi connectivity index (χ1) is 14.8. The van der Waals surface area contributed by atoms with Gasteiger partial charge in [-0.1, -0.05) is 12.1 Å². The first kappa shape index (κ1) is 22.9. The highest BCUT2D eigenvalue weighted by atomic mass is 127. The Kier molecular flexibility index (Phi) is 8.10. The number of hydrogen-bond donors (Lipinski definition) is 1. The SMILES string of the molecule is CN=C(NCc1ccnc(-n2cccn2)c1)N1CCN(c2ccccc2OC)CC1.I. The summed E-state index contributed by atoms with van der Waals surface area (Å²) < 4.78 is 7.27. The Morgan fingerprint density at radius 1 is 1.10 bits per heavy atom. The maximum atomic E-state index is 5.52. The maximum Gasteiger partial charge on any atom is 0.194 e. The molecule has 9 heteroatoms. The van der Waals surface area contributed by atoms with E-state index in [2.05, 4.69) is 42.3 Å². The number of ether oxygens (including phenoxy) is 1. The zero-order valence-corrected chi connectivity index (χ0v) is 20.1. The van der Waals surface area contributed by atoms with E-state index in [1.165, 1.54) is 0 Å². The molecule has 1 aromatic carbocycles. The number of rotatable bonds is 5. The van der Waals surface area contributed by atoms with Crippen molar-refractivity contribution in [1.82, 2.24) is 25.0 Å². The Balaban J connectivity index is 0.00000272. The van der Waals surface area contributed by atoms with Gasteiger partial charge in [-0.25, -0.2) is 9.67 Å². The minimum absolute atomic E-state index is 0. The second kappa shape index (κ2) is 11.0. The van der Waals surface area contributed by atoms with E-state index in [0.29, 0.717) is 6.54 Å². The minimum atomic E-state index is 0.